The SMILES string of the molecule is COC1CCc2c(C)ccnc21. The fourth-order valence-electron chi connectivity index (χ4n) is 1.85. The molecule has 0 spiro atoms. The van der Waals surface area contributed by atoms with Crippen LogP contribution in [0.3, 0.4) is 0 Å². The van der Waals surface area contributed by atoms with Gasteiger partial charge in [0.25, 0.3) is 0 Å². The van der Waals surface area contributed by atoms with Crippen molar-refractivity contribution >= 4 is 0 Å². The Morgan fingerprint density at radius 2 is 2.42 bits per heavy atom. The van der Waals surface area contributed by atoms with Gasteiger partial charge in [-0.05, 0) is 37.0 Å². The highest BCUT2D eigenvalue weighted by molar-refractivity contribution is 5.34. The van der Waals surface area contributed by atoms with Crippen molar-refractivity contribution in [2.24, 2.45) is 0 Å². The van der Waals surface area contributed by atoms with Crippen molar-refractivity contribution in [3.05, 3.63) is 29.1 Å². The molecule has 1 heterocycles. The zero-order valence-electron chi connectivity index (χ0n) is 7.50. The van der Waals surface area contributed by atoms with Gasteiger partial charge in [-0.2, -0.15) is 0 Å². The number of hydrogen-bond donors (Lipinski definition) is 0. The Hall–Kier alpha value is -0.890. The van der Waals surface area contributed by atoms with E-state index >= 15 is 0 Å². The number of rotatable bonds is 1. The summed E-state index contributed by atoms with van der Waals surface area (Å²) in [4.78, 5) is 4.35. The summed E-state index contributed by atoms with van der Waals surface area (Å²) in [6.07, 6.45) is 4.31. The Balaban J connectivity index is 2.46. The number of hydrogen-bond acceptors (Lipinski definition) is 2. The molecular formula is C10H13NO. The van der Waals surface area contributed by atoms with Crippen molar-refractivity contribution in [3.63, 3.8) is 0 Å². The second-order valence-electron chi connectivity index (χ2n) is 3.25. The van der Waals surface area contributed by atoms with E-state index in [2.05, 4.69) is 18.0 Å². The Kier molecular flexibility index (Phi) is 1.85. The lowest BCUT2D eigenvalue weighted by atomic mass is 10.1. The monoisotopic (exact) mass is 163 g/mol. The smallest absolute Gasteiger partial charge is 0.0996 e. The van der Waals surface area contributed by atoms with Gasteiger partial charge in [-0.3, -0.25) is 4.98 Å². The summed E-state index contributed by atoms with van der Waals surface area (Å²) in [5, 5.41) is 0. The zero-order valence-corrected chi connectivity index (χ0v) is 7.50. The molecule has 12 heavy (non-hydrogen) atoms. The lowest BCUT2D eigenvalue weighted by molar-refractivity contribution is 0.102. The first-order valence-electron chi connectivity index (χ1n) is 4.30. The van der Waals surface area contributed by atoms with Crippen LogP contribution in [0.5, 0.6) is 0 Å². The van der Waals surface area contributed by atoms with E-state index in [1.165, 1.54) is 11.1 Å². The first kappa shape index (κ1) is 7.74. The third-order valence-electron chi connectivity index (χ3n) is 2.57. The highest BCUT2D eigenvalue weighted by Gasteiger charge is 2.24. The van der Waals surface area contributed by atoms with Crippen LogP contribution in [0.15, 0.2) is 12.3 Å². The van der Waals surface area contributed by atoms with E-state index in [-0.39, 0.29) is 6.10 Å². The van der Waals surface area contributed by atoms with Gasteiger partial charge in [-0.15, -0.1) is 0 Å². The lowest BCUT2D eigenvalue weighted by Gasteiger charge is -2.07. The number of aryl methyl sites for hydroxylation is 1. The van der Waals surface area contributed by atoms with Crippen molar-refractivity contribution in [2.75, 3.05) is 7.11 Å². The van der Waals surface area contributed by atoms with E-state index in [4.69, 9.17) is 4.74 Å². The summed E-state index contributed by atoms with van der Waals surface area (Å²) in [5.74, 6) is 0. The van der Waals surface area contributed by atoms with Gasteiger partial charge in [-0.25, -0.2) is 0 Å². The summed E-state index contributed by atoms with van der Waals surface area (Å²) in [6.45, 7) is 2.14. The molecular weight excluding hydrogens is 150 g/mol. The molecule has 2 heteroatoms. The number of methoxy groups -OCH3 is 1. The van der Waals surface area contributed by atoms with Gasteiger partial charge in [0, 0.05) is 13.3 Å². The summed E-state index contributed by atoms with van der Waals surface area (Å²) in [6, 6.07) is 2.07. The molecule has 64 valence electrons. The fraction of sp³-hybridized carbons (Fsp3) is 0.500. The van der Waals surface area contributed by atoms with Crippen molar-refractivity contribution in [1.82, 2.24) is 4.98 Å². The van der Waals surface area contributed by atoms with Gasteiger partial charge in [-0.1, -0.05) is 0 Å². The van der Waals surface area contributed by atoms with Crippen LogP contribution in [0.1, 0.15) is 29.3 Å². The van der Waals surface area contributed by atoms with Crippen LogP contribution in [0, 0.1) is 6.92 Å². The topological polar surface area (TPSA) is 22.1 Å². The van der Waals surface area contributed by atoms with Crippen LogP contribution >= 0.6 is 0 Å². The van der Waals surface area contributed by atoms with Crippen LogP contribution in [0.2, 0.25) is 0 Å². The minimum absolute atomic E-state index is 0.236. The van der Waals surface area contributed by atoms with Crippen molar-refractivity contribution in [1.29, 1.82) is 0 Å². The highest BCUT2D eigenvalue weighted by Crippen LogP contribution is 2.33. The molecule has 1 aromatic heterocycles. The van der Waals surface area contributed by atoms with Crippen molar-refractivity contribution in [3.8, 4) is 0 Å². The molecule has 0 radical (unpaired) electrons. The van der Waals surface area contributed by atoms with Crippen LogP contribution < -0.4 is 0 Å². The van der Waals surface area contributed by atoms with E-state index in [1.54, 1.807) is 7.11 Å². The molecule has 1 unspecified atom stereocenters. The van der Waals surface area contributed by atoms with Gasteiger partial charge in [0.1, 0.15) is 0 Å². The quantitative estimate of drug-likeness (QED) is 0.632. The fourth-order valence-corrected chi connectivity index (χ4v) is 1.85. The Morgan fingerprint density at radius 1 is 1.58 bits per heavy atom. The molecule has 0 saturated heterocycles. The molecule has 0 fully saturated rings. The van der Waals surface area contributed by atoms with Gasteiger partial charge in [0.05, 0.1) is 11.8 Å². The second kappa shape index (κ2) is 2.87. The normalized spacial score (nSPS) is 21.0. The standard InChI is InChI=1S/C10H13NO/c1-7-5-6-11-10-8(7)3-4-9(10)12-2/h5-6,9H,3-4H2,1-2H3. The average molecular weight is 163 g/mol. The molecule has 0 N–H and O–H groups in total. The van der Waals surface area contributed by atoms with Gasteiger partial charge in [0.15, 0.2) is 0 Å². The van der Waals surface area contributed by atoms with Gasteiger partial charge < -0.3 is 4.74 Å². The van der Waals surface area contributed by atoms with E-state index in [9.17, 15) is 0 Å². The maximum atomic E-state index is 5.33. The number of pyridine rings is 1. The summed E-state index contributed by atoms with van der Waals surface area (Å²) < 4.78 is 5.33. The van der Waals surface area contributed by atoms with Crippen LogP contribution in [-0.2, 0) is 11.2 Å². The average Bonchev–Trinajstić information content (AvgIpc) is 2.49. The molecule has 0 amide bonds. The van der Waals surface area contributed by atoms with E-state index in [1.807, 2.05) is 6.20 Å². The third-order valence-corrected chi connectivity index (χ3v) is 2.57. The third kappa shape index (κ3) is 1.03. The number of nitrogens with zero attached hydrogens (tertiary/aromatic N) is 1. The molecule has 2 nitrogen and oxygen atoms in total. The molecule has 0 aliphatic heterocycles. The van der Waals surface area contributed by atoms with Gasteiger partial charge >= 0.3 is 0 Å². The lowest BCUT2D eigenvalue weighted by Crippen LogP contribution is -1.98. The number of fused-ring (bicyclic) bond motifs is 1. The Morgan fingerprint density at radius 3 is 3.17 bits per heavy atom. The molecule has 0 saturated carbocycles. The Bertz CT molecular complexity index is 296. The molecule has 1 aliphatic carbocycles. The van der Waals surface area contributed by atoms with Crippen molar-refractivity contribution < 1.29 is 4.74 Å². The number of ether oxygens (including phenoxy) is 1. The van der Waals surface area contributed by atoms with Crippen LogP contribution in [-0.4, -0.2) is 12.1 Å². The highest BCUT2D eigenvalue weighted by atomic mass is 16.5. The van der Waals surface area contributed by atoms with E-state index in [0.29, 0.717) is 0 Å². The molecule has 2 rings (SSSR count). The minimum Gasteiger partial charge on any atom is -0.375 e. The Labute approximate surface area is 72.6 Å². The van der Waals surface area contributed by atoms with Gasteiger partial charge in [0.2, 0.25) is 0 Å². The minimum atomic E-state index is 0.236. The number of aromatic nitrogens is 1. The molecule has 0 bridgehead atoms. The van der Waals surface area contributed by atoms with Crippen LogP contribution in [0.4, 0.5) is 0 Å². The predicted molar refractivity (Wildman–Crippen MR) is 47.0 cm³/mol. The molecule has 1 aromatic rings. The first-order chi connectivity index (χ1) is 5.83. The first-order valence-corrected chi connectivity index (χ1v) is 4.30. The van der Waals surface area contributed by atoms with E-state index < -0.39 is 0 Å². The summed E-state index contributed by atoms with van der Waals surface area (Å²) in [7, 11) is 1.75. The molecule has 0 aromatic carbocycles. The maximum absolute atomic E-state index is 5.33. The van der Waals surface area contributed by atoms with Crippen molar-refractivity contribution in [2.45, 2.75) is 25.9 Å². The molecule has 1 aliphatic rings. The second-order valence-corrected chi connectivity index (χ2v) is 3.25. The van der Waals surface area contributed by atoms with E-state index in [0.717, 1.165) is 18.5 Å². The predicted octanol–water partition coefficient (Wildman–Crippen LogP) is 2.02. The summed E-state index contributed by atoms with van der Waals surface area (Å²) in [5.41, 5.74) is 3.89. The van der Waals surface area contributed by atoms with Crippen LogP contribution in [0.25, 0.3) is 0 Å². The largest absolute Gasteiger partial charge is 0.375 e. The summed E-state index contributed by atoms with van der Waals surface area (Å²) >= 11 is 0. The maximum Gasteiger partial charge on any atom is 0.0996 e. The zero-order chi connectivity index (χ0) is 8.55. The molecule has 1 atom stereocenters.